The monoisotopic (exact) mass is 273 g/mol. The highest BCUT2D eigenvalue weighted by Gasteiger charge is 2.13. The molecular formula is C19H31N. The van der Waals surface area contributed by atoms with Gasteiger partial charge in [0.2, 0.25) is 0 Å². The molecule has 1 aromatic carbocycles. The molecule has 1 saturated heterocycles. The Morgan fingerprint density at radius 2 is 1.55 bits per heavy atom. The van der Waals surface area contributed by atoms with Crippen LogP contribution in [0.4, 0.5) is 0 Å². The van der Waals surface area contributed by atoms with Gasteiger partial charge in [0.25, 0.3) is 0 Å². The Morgan fingerprint density at radius 3 is 2.15 bits per heavy atom. The van der Waals surface area contributed by atoms with E-state index in [-0.39, 0.29) is 5.41 Å². The van der Waals surface area contributed by atoms with Gasteiger partial charge in [-0.05, 0) is 68.3 Å². The molecule has 0 aromatic heterocycles. The molecule has 1 fully saturated rings. The number of nitrogens with zero attached hydrogens (tertiary/aromatic N) is 1. The van der Waals surface area contributed by atoms with Crippen molar-refractivity contribution in [2.24, 2.45) is 0 Å². The molecule has 1 heterocycles. The summed E-state index contributed by atoms with van der Waals surface area (Å²) in [6.07, 6.45) is 8.17. The summed E-state index contributed by atoms with van der Waals surface area (Å²) in [5.41, 5.74) is 3.21. The van der Waals surface area contributed by atoms with Gasteiger partial charge in [-0.25, -0.2) is 0 Å². The van der Waals surface area contributed by atoms with Gasteiger partial charge in [-0.3, -0.25) is 0 Å². The van der Waals surface area contributed by atoms with Crippen molar-refractivity contribution in [2.45, 2.75) is 64.7 Å². The average molecular weight is 273 g/mol. The van der Waals surface area contributed by atoms with Gasteiger partial charge < -0.3 is 4.90 Å². The third-order valence-electron chi connectivity index (χ3n) is 4.46. The van der Waals surface area contributed by atoms with E-state index in [0.29, 0.717) is 0 Å². The lowest BCUT2D eigenvalue weighted by Crippen LogP contribution is -2.30. The Morgan fingerprint density at radius 1 is 0.900 bits per heavy atom. The van der Waals surface area contributed by atoms with Crippen LogP contribution in [0, 0.1) is 0 Å². The van der Waals surface area contributed by atoms with Crippen molar-refractivity contribution >= 4 is 0 Å². The molecule has 1 nitrogen and oxygen atoms in total. The summed E-state index contributed by atoms with van der Waals surface area (Å²) in [6.45, 7) is 10.8. The van der Waals surface area contributed by atoms with Crippen molar-refractivity contribution in [2.75, 3.05) is 19.6 Å². The molecule has 112 valence electrons. The minimum absolute atomic E-state index is 0.271. The van der Waals surface area contributed by atoms with Crippen LogP contribution in [-0.2, 0) is 11.8 Å². The second-order valence-electron chi connectivity index (χ2n) is 7.31. The largest absolute Gasteiger partial charge is 0.303 e. The first-order chi connectivity index (χ1) is 9.55. The van der Waals surface area contributed by atoms with Crippen LogP contribution in [0.15, 0.2) is 24.3 Å². The third-order valence-corrected chi connectivity index (χ3v) is 4.46. The number of rotatable bonds is 5. The van der Waals surface area contributed by atoms with Crippen LogP contribution in [0.5, 0.6) is 0 Å². The molecule has 0 unspecified atom stereocenters. The molecule has 0 saturated carbocycles. The lowest BCUT2D eigenvalue weighted by atomic mass is 9.86. The van der Waals surface area contributed by atoms with E-state index in [1.807, 2.05) is 0 Å². The molecule has 1 heteroatoms. The van der Waals surface area contributed by atoms with Crippen molar-refractivity contribution in [3.63, 3.8) is 0 Å². The SMILES string of the molecule is CC(C)(C)c1ccc(CCCCN2CCCCC2)cc1. The quantitative estimate of drug-likeness (QED) is 0.697. The van der Waals surface area contributed by atoms with Crippen molar-refractivity contribution in [1.29, 1.82) is 0 Å². The van der Waals surface area contributed by atoms with Gasteiger partial charge in [-0.1, -0.05) is 51.5 Å². The van der Waals surface area contributed by atoms with Gasteiger partial charge in [0.05, 0.1) is 0 Å². The zero-order valence-electron chi connectivity index (χ0n) is 13.6. The van der Waals surface area contributed by atoms with E-state index in [1.165, 1.54) is 69.3 Å². The van der Waals surface area contributed by atoms with Crippen molar-refractivity contribution in [3.05, 3.63) is 35.4 Å². The van der Waals surface area contributed by atoms with Crippen molar-refractivity contribution < 1.29 is 0 Å². The lowest BCUT2D eigenvalue weighted by molar-refractivity contribution is 0.225. The number of hydrogen-bond donors (Lipinski definition) is 0. The Kier molecular flexibility index (Phi) is 5.65. The molecule has 0 spiro atoms. The number of piperidine rings is 1. The van der Waals surface area contributed by atoms with Crippen LogP contribution in [-0.4, -0.2) is 24.5 Å². The fourth-order valence-electron chi connectivity index (χ4n) is 3.02. The predicted octanol–water partition coefficient (Wildman–Crippen LogP) is 4.79. The first kappa shape index (κ1) is 15.6. The van der Waals surface area contributed by atoms with E-state index < -0.39 is 0 Å². The second-order valence-corrected chi connectivity index (χ2v) is 7.31. The van der Waals surface area contributed by atoms with Gasteiger partial charge >= 0.3 is 0 Å². The maximum atomic E-state index is 2.65. The predicted molar refractivity (Wildman–Crippen MR) is 88.4 cm³/mol. The minimum atomic E-state index is 0.271. The number of likely N-dealkylation sites (tertiary alicyclic amines) is 1. The van der Waals surface area contributed by atoms with Crippen molar-refractivity contribution in [3.8, 4) is 0 Å². The van der Waals surface area contributed by atoms with Gasteiger partial charge in [-0.2, -0.15) is 0 Å². The highest BCUT2D eigenvalue weighted by molar-refractivity contribution is 5.27. The first-order valence-electron chi connectivity index (χ1n) is 8.37. The molecular weight excluding hydrogens is 242 g/mol. The van der Waals surface area contributed by atoms with Crippen LogP contribution in [0.25, 0.3) is 0 Å². The number of hydrogen-bond acceptors (Lipinski definition) is 1. The number of unbranched alkanes of at least 4 members (excludes halogenated alkanes) is 1. The molecule has 0 atom stereocenters. The van der Waals surface area contributed by atoms with E-state index in [9.17, 15) is 0 Å². The second kappa shape index (κ2) is 7.26. The van der Waals surface area contributed by atoms with Gasteiger partial charge in [0, 0.05) is 0 Å². The molecule has 0 amide bonds. The van der Waals surface area contributed by atoms with Crippen LogP contribution in [0.3, 0.4) is 0 Å². The van der Waals surface area contributed by atoms with Crippen LogP contribution in [0.2, 0.25) is 0 Å². The maximum Gasteiger partial charge on any atom is -0.00186 e. The standard InChI is InChI=1S/C19H31N/c1-19(2,3)18-12-10-17(11-13-18)9-5-8-16-20-14-6-4-7-15-20/h10-13H,4-9,14-16H2,1-3H3. The van der Waals surface area contributed by atoms with E-state index in [2.05, 4.69) is 49.9 Å². The van der Waals surface area contributed by atoms with Crippen LogP contribution in [0.1, 0.15) is 64.0 Å². The highest BCUT2D eigenvalue weighted by Crippen LogP contribution is 2.22. The highest BCUT2D eigenvalue weighted by atomic mass is 15.1. The molecule has 0 radical (unpaired) electrons. The molecule has 1 aliphatic rings. The van der Waals surface area contributed by atoms with E-state index in [1.54, 1.807) is 0 Å². The molecule has 2 rings (SSSR count). The zero-order chi connectivity index (χ0) is 14.4. The molecule has 1 aromatic rings. The minimum Gasteiger partial charge on any atom is -0.303 e. The number of benzene rings is 1. The van der Waals surface area contributed by atoms with Gasteiger partial charge in [0.15, 0.2) is 0 Å². The fraction of sp³-hybridized carbons (Fsp3) is 0.684. The summed E-state index contributed by atoms with van der Waals surface area (Å²) in [6, 6.07) is 9.25. The smallest absolute Gasteiger partial charge is 0.00186 e. The molecule has 0 N–H and O–H groups in total. The van der Waals surface area contributed by atoms with Crippen LogP contribution < -0.4 is 0 Å². The normalized spacial score (nSPS) is 17.4. The summed E-state index contributed by atoms with van der Waals surface area (Å²) in [5, 5.41) is 0. The lowest BCUT2D eigenvalue weighted by Gasteiger charge is -2.26. The Labute approximate surface area is 125 Å². The fourth-order valence-corrected chi connectivity index (χ4v) is 3.02. The first-order valence-corrected chi connectivity index (χ1v) is 8.37. The van der Waals surface area contributed by atoms with E-state index >= 15 is 0 Å². The Balaban J connectivity index is 1.68. The summed E-state index contributed by atoms with van der Waals surface area (Å²) in [5.74, 6) is 0. The molecule has 20 heavy (non-hydrogen) atoms. The summed E-state index contributed by atoms with van der Waals surface area (Å²) in [7, 11) is 0. The molecule has 0 bridgehead atoms. The Hall–Kier alpha value is -0.820. The summed E-state index contributed by atoms with van der Waals surface area (Å²) in [4.78, 5) is 2.65. The zero-order valence-corrected chi connectivity index (χ0v) is 13.6. The summed E-state index contributed by atoms with van der Waals surface area (Å²) >= 11 is 0. The molecule has 1 aliphatic heterocycles. The van der Waals surface area contributed by atoms with Gasteiger partial charge in [-0.15, -0.1) is 0 Å². The van der Waals surface area contributed by atoms with E-state index in [0.717, 1.165) is 0 Å². The van der Waals surface area contributed by atoms with E-state index in [4.69, 9.17) is 0 Å². The number of aryl methyl sites for hydroxylation is 1. The van der Waals surface area contributed by atoms with Crippen LogP contribution >= 0.6 is 0 Å². The topological polar surface area (TPSA) is 3.24 Å². The average Bonchev–Trinajstić information content (AvgIpc) is 2.44. The molecule has 0 aliphatic carbocycles. The van der Waals surface area contributed by atoms with Gasteiger partial charge in [0.1, 0.15) is 0 Å². The van der Waals surface area contributed by atoms with Crippen molar-refractivity contribution in [1.82, 2.24) is 4.90 Å². The third kappa shape index (κ3) is 4.94. The Bertz CT molecular complexity index is 379. The summed E-state index contributed by atoms with van der Waals surface area (Å²) < 4.78 is 0. The maximum absolute atomic E-state index is 2.65.